The minimum Gasteiger partial charge on any atom is -0.490 e. The van der Waals surface area contributed by atoms with Crippen LogP contribution in [0.4, 0.5) is 0 Å². The summed E-state index contributed by atoms with van der Waals surface area (Å²) in [6.45, 7) is 5.11. The van der Waals surface area contributed by atoms with Crippen LogP contribution in [-0.4, -0.2) is 42.0 Å². The van der Waals surface area contributed by atoms with Crippen LogP contribution in [0.3, 0.4) is 0 Å². The fourth-order valence-corrected chi connectivity index (χ4v) is 4.19. The molecule has 2 heterocycles. The van der Waals surface area contributed by atoms with E-state index in [1.165, 1.54) is 5.56 Å². The van der Waals surface area contributed by atoms with Crippen molar-refractivity contribution in [2.45, 2.75) is 58.2 Å². The van der Waals surface area contributed by atoms with Crippen LogP contribution in [0.2, 0.25) is 0 Å². The zero-order chi connectivity index (χ0) is 25.0. The van der Waals surface area contributed by atoms with Crippen molar-refractivity contribution in [1.29, 1.82) is 0 Å². The van der Waals surface area contributed by atoms with Crippen molar-refractivity contribution in [1.82, 2.24) is 0 Å². The van der Waals surface area contributed by atoms with E-state index in [1.807, 2.05) is 63.2 Å². The quantitative estimate of drug-likeness (QED) is 0.387. The number of aliphatic hydroxyl groups is 1. The van der Waals surface area contributed by atoms with E-state index in [2.05, 4.69) is 11.8 Å². The third kappa shape index (κ3) is 5.93. The molecular weight excluding hydrogens is 444 g/mol. The van der Waals surface area contributed by atoms with Crippen LogP contribution in [0.5, 0.6) is 5.75 Å². The summed E-state index contributed by atoms with van der Waals surface area (Å²) < 4.78 is 16.7. The normalized spacial score (nSPS) is 20.4. The molecule has 6 heteroatoms. The monoisotopic (exact) mass is 474 g/mol. The van der Waals surface area contributed by atoms with Crippen LogP contribution in [0, 0.1) is 18.8 Å². The Morgan fingerprint density at radius 3 is 2.54 bits per heavy atom. The molecule has 1 saturated heterocycles. The van der Waals surface area contributed by atoms with Gasteiger partial charge in [-0.05, 0) is 63.1 Å². The molecule has 1 fully saturated rings. The van der Waals surface area contributed by atoms with Crippen molar-refractivity contribution in [2.75, 3.05) is 13.2 Å². The Bertz CT molecular complexity index is 1210. The molecule has 0 aliphatic carbocycles. The molecule has 2 aromatic carbocycles. The van der Waals surface area contributed by atoms with E-state index in [0.717, 1.165) is 28.0 Å². The number of esters is 2. The van der Waals surface area contributed by atoms with Crippen LogP contribution in [-0.2, 0) is 25.5 Å². The molecule has 182 valence electrons. The van der Waals surface area contributed by atoms with Crippen LogP contribution >= 0.6 is 0 Å². The van der Waals surface area contributed by atoms with Crippen molar-refractivity contribution >= 4 is 11.9 Å². The third-order valence-electron chi connectivity index (χ3n) is 6.32. The van der Waals surface area contributed by atoms with Gasteiger partial charge in [-0.15, -0.1) is 0 Å². The number of benzene rings is 2. The lowest BCUT2D eigenvalue weighted by Gasteiger charge is -2.24. The van der Waals surface area contributed by atoms with E-state index in [4.69, 9.17) is 14.2 Å². The minimum absolute atomic E-state index is 0.119. The zero-order valence-corrected chi connectivity index (χ0v) is 20.3. The molecule has 35 heavy (non-hydrogen) atoms. The zero-order valence-electron chi connectivity index (χ0n) is 20.3. The third-order valence-corrected chi connectivity index (χ3v) is 6.32. The highest BCUT2D eigenvalue weighted by atomic mass is 16.6. The van der Waals surface area contributed by atoms with Crippen molar-refractivity contribution < 1.29 is 28.9 Å². The molecule has 2 unspecified atom stereocenters. The molecule has 0 spiro atoms. The van der Waals surface area contributed by atoms with E-state index in [9.17, 15) is 14.7 Å². The van der Waals surface area contributed by atoms with Gasteiger partial charge in [0.2, 0.25) is 0 Å². The van der Waals surface area contributed by atoms with Gasteiger partial charge in [-0.1, -0.05) is 35.1 Å². The largest absolute Gasteiger partial charge is 0.490 e. The van der Waals surface area contributed by atoms with Gasteiger partial charge in [-0.25, -0.2) is 4.79 Å². The maximum atomic E-state index is 12.3. The van der Waals surface area contributed by atoms with Gasteiger partial charge in [-0.3, -0.25) is 4.79 Å². The topological polar surface area (TPSA) is 82.1 Å². The Morgan fingerprint density at radius 1 is 1.14 bits per heavy atom. The first kappa shape index (κ1) is 24.6. The lowest BCUT2D eigenvalue weighted by atomic mass is 9.97. The van der Waals surface area contributed by atoms with E-state index >= 15 is 0 Å². The molecule has 4 rings (SSSR count). The highest BCUT2D eigenvalue weighted by Crippen LogP contribution is 2.33. The predicted octanol–water partition coefficient (Wildman–Crippen LogP) is 4.04. The summed E-state index contributed by atoms with van der Waals surface area (Å²) in [5.41, 5.74) is 4.32. The Hall–Kier alpha value is -3.56. The molecule has 0 saturated carbocycles. The minimum atomic E-state index is -1.20. The average molecular weight is 475 g/mol. The summed E-state index contributed by atoms with van der Waals surface area (Å²) in [5.74, 6) is 6.32. The van der Waals surface area contributed by atoms with Gasteiger partial charge in [0.15, 0.2) is 5.60 Å². The van der Waals surface area contributed by atoms with Crippen molar-refractivity contribution in [3.8, 4) is 17.6 Å². The number of ether oxygens (including phenoxy) is 3. The number of aliphatic hydroxyl groups excluding tert-OH is 1. The summed E-state index contributed by atoms with van der Waals surface area (Å²) in [7, 11) is 0. The van der Waals surface area contributed by atoms with Crippen LogP contribution < -0.4 is 4.74 Å². The van der Waals surface area contributed by atoms with E-state index in [0.29, 0.717) is 18.4 Å². The number of cyclic esters (lactones) is 1. The van der Waals surface area contributed by atoms with Gasteiger partial charge >= 0.3 is 11.9 Å². The molecular formula is C29H30O6. The number of carbonyl (C=O) groups is 2. The lowest BCUT2D eigenvalue weighted by Crippen LogP contribution is -2.39. The van der Waals surface area contributed by atoms with Crippen LogP contribution in [0.25, 0.3) is 0 Å². The fourth-order valence-electron chi connectivity index (χ4n) is 4.19. The second kappa shape index (κ2) is 10.4. The molecule has 2 aromatic rings. The van der Waals surface area contributed by atoms with Crippen LogP contribution in [0.15, 0.2) is 53.6 Å². The number of hydrogen-bond donors (Lipinski definition) is 1. The standard InChI is InChI=1S/C29H30O6/c1-19(2)25-16-29(17-30,35-28(25)32)18-33-27(31)13-11-24-15-23-14-22(10-12-26(23)34-24)9-8-21-6-4-20(3)5-7-21/h4-7,10,12,14,24,30H,11,13,15-18H2,1-3H3. The number of rotatable bonds is 6. The molecule has 0 amide bonds. The molecule has 6 nitrogen and oxygen atoms in total. The van der Waals surface area contributed by atoms with Gasteiger partial charge in [0.1, 0.15) is 18.5 Å². The molecule has 0 bridgehead atoms. The fraction of sp³-hybridized carbons (Fsp3) is 0.379. The molecule has 2 aliphatic heterocycles. The summed E-state index contributed by atoms with van der Waals surface area (Å²) in [4.78, 5) is 24.4. The van der Waals surface area contributed by atoms with E-state index in [1.54, 1.807) is 0 Å². The van der Waals surface area contributed by atoms with Gasteiger partial charge in [-0.2, -0.15) is 0 Å². The second-order valence-electron chi connectivity index (χ2n) is 9.47. The number of carbonyl (C=O) groups excluding carboxylic acids is 2. The summed E-state index contributed by atoms with van der Waals surface area (Å²) in [6, 6.07) is 14.0. The van der Waals surface area contributed by atoms with Crippen molar-refractivity contribution in [3.63, 3.8) is 0 Å². The first-order chi connectivity index (χ1) is 16.8. The number of hydrogen-bond acceptors (Lipinski definition) is 6. The molecule has 2 aliphatic rings. The van der Waals surface area contributed by atoms with E-state index in [-0.39, 0.29) is 25.6 Å². The summed E-state index contributed by atoms with van der Waals surface area (Å²) >= 11 is 0. The lowest BCUT2D eigenvalue weighted by molar-refractivity contribution is -0.166. The second-order valence-corrected chi connectivity index (χ2v) is 9.47. The smallest absolute Gasteiger partial charge is 0.334 e. The molecule has 0 radical (unpaired) electrons. The highest BCUT2D eigenvalue weighted by Gasteiger charge is 2.45. The van der Waals surface area contributed by atoms with Gasteiger partial charge in [0.05, 0.1) is 6.61 Å². The Kier molecular flexibility index (Phi) is 7.28. The van der Waals surface area contributed by atoms with Crippen molar-refractivity contribution in [2.24, 2.45) is 0 Å². The predicted molar refractivity (Wildman–Crippen MR) is 131 cm³/mol. The number of aryl methyl sites for hydroxylation is 1. The number of fused-ring (bicyclic) bond motifs is 1. The Labute approximate surface area is 205 Å². The summed E-state index contributed by atoms with van der Waals surface area (Å²) in [6.07, 6.45) is 1.48. The highest BCUT2D eigenvalue weighted by molar-refractivity contribution is 5.92. The van der Waals surface area contributed by atoms with E-state index < -0.39 is 24.1 Å². The molecule has 1 N–H and O–H groups in total. The van der Waals surface area contributed by atoms with Crippen LogP contribution in [0.1, 0.15) is 55.4 Å². The molecule has 0 aromatic heterocycles. The van der Waals surface area contributed by atoms with Gasteiger partial charge in [0.25, 0.3) is 0 Å². The first-order valence-corrected chi connectivity index (χ1v) is 11.8. The molecule has 2 atom stereocenters. The Balaban J connectivity index is 1.27. The average Bonchev–Trinajstić information content (AvgIpc) is 3.41. The van der Waals surface area contributed by atoms with Gasteiger partial charge < -0.3 is 19.3 Å². The SMILES string of the molecule is CC(C)=C1CC(CO)(COC(=O)CCC2Cc3cc(C#Cc4ccc(C)cc4)ccc3O2)OC1=O. The first-order valence-electron chi connectivity index (χ1n) is 11.8. The maximum Gasteiger partial charge on any atom is 0.334 e. The summed E-state index contributed by atoms with van der Waals surface area (Å²) in [5, 5.41) is 9.76. The Morgan fingerprint density at radius 2 is 1.86 bits per heavy atom. The van der Waals surface area contributed by atoms with Gasteiger partial charge in [0, 0.05) is 36.0 Å². The maximum absolute atomic E-state index is 12.3. The van der Waals surface area contributed by atoms with Crippen molar-refractivity contribution in [3.05, 3.63) is 75.9 Å². The number of allylic oxidation sites excluding steroid dienone is 1.